The molecule has 0 unspecified atom stereocenters. The third-order valence-electron chi connectivity index (χ3n) is 3.20. The highest BCUT2D eigenvalue weighted by atomic mass is 127. The Balaban J connectivity index is 0.00000147. The van der Waals surface area contributed by atoms with Crippen molar-refractivity contribution in [3.8, 4) is 0 Å². The smallest absolute Gasteiger partial charge is 0.204 e. The molecule has 4 heteroatoms. The lowest BCUT2D eigenvalue weighted by Gasteiger charge is -1.94. The molecule has 102 valence electrons. The first kappa shape index (κ1) is 15.3. The molecule has 0 bridgehead atoms. The molecule has 1 N–H and O–H groups in total. The van der Waals surface area contributed by atoms with Gasteiger partial charge in [0.1, 0.15) is 7.05 Å². The molecule has 0 atom stereocenters. The van der Waals surface area contributed by atoms with Crippen LogP contribution in [0.1, 0.15) is 11.3 Å². The normalized spacial score (nSPS) is 10.9. The first-order chi connectivity index (χ1) is 9.24. The number of aryl methyl sites for hydroxylation is 1. The Labute approximate surface area is 143 Å². The van der Waals surface area contributed by atoms with Crippen LogP contribution in [0.25, 0.3) is 23.1 Å². The molecule has 0 radical (unpaired) electrons. The molecule has 1 aromatic carbocycles. The number of rotatable bonds is 2. The Morgan fingerprint density at radius 2 is 2.00 bits per heavy atom. The van der Waals surface area contributed by atoms with E-state index in [4.69, 9.17) is 0 Å². The van der Waals surface area contributed by atoms with E-state index in [2.05, 4.69) is 55.8 Å². The van der Waals surface area contributed by atoms with E-state index in [1.807, 2.05) is 37.6 Å². The summed E-state index contributed by atoms with van der Waals surface area (Å²) in [7, 11) is 2.05. The first-order valence-electron chi connectivity index (χ1n) is 6.13. The minimum Gasteiger partial charge on any atom is -1.00 e. The van der Waals surface area contributed by atoms with Crippen molar-refractivity contribution in [1.82, 2.24) is 4.98 Å². The van der Waals surface area contributed by atoms with E-state index in [0.29, 0.717) is 0 Å². The van der Waals surface area contributed by atoms with Gasteiger partial charge < -0.3 is 29.0 Å². The van der Waals surface area contributed by atoms with Gasteiger partial charge in [0, 0.05) is 45.3 Å². The molecule has 3 rings (SSSR count). The van der Waals surface area contributed by atoms with Crippen LogP contribution < -0.4 is 28.5 Å². The fourth-order valence-electron chi connectivity index (χ4n) is 2.14. The summed E-state index contributed by atoms with van der Waals surface area (Å²) >= 11 is 3.52. The van der Waals surface area contributed by atoms with Crippen molar-refractivity contribution in [3.05, 3.63) is 64.5 Å². The van der Waals surface area contributed by atoms with Gasteiger partial charge in [-0.1, -0.05) is 15.9 Å². The number of aromatic nitrogens is 2. The average Bonchev–Trinajstić information content (AvgIpc) is 2.80. The number of pyridine rings is 1. The van der Waals surface area contributed by atoms with Crippen LogP contribution in [0.2, 0.25) is 0 Å². The van der Waals surface area contributed by atoms with Gasteiger partial charge in [0.2, 0.25) is 5.69 Å². The Morgan fingerprint density at radius 3 is 2.80 bits per heavy atom. The van der Waals surface area contributed by atoms with Gasteiger partial charge in [-0.2, -0.15) is 0 Å². The van der Waals surface area contributed by atoms with Crippen LogP contribution in [-0.4, -0.2) is 4.98 Å². The van der Waals surface area contributed by atoms with Crippen molar-refractivity contribution in [2.75, 3.05) is 0 Å². The number of halogens is 2. The molecular formula is C16H14BrIN2. The van der Waals surface area contributed by atoms with E-state index in [9.17, 15) is 0 Å². The number of fused-ring (bicyclic) bond motifs is 1. The summed E-state index contributed by atoms with van der Waals surface area (Å²) in [6.07, 6.45) is 8.35. The summed E-state index contributed by atoms with van der Waals surface area (Å²) in [5, 5.41) is 1.23. The minimum atomic E-state index is 0. The largest absolute Gasteiger partial charge is 1.00 e. The molecule has 3 aromatic rings. The second-order valence-corrected chi connectivity index (χ2v) is 5.42. The molecule has 0 aliphatic rings. The maximum absolute atomic E-state index is 3.52. The van der Waals surface area contributed by atoms with E-state index in [0.717, 1.165) is 9.99 Å². The SMILES string of the molecule is C[n+]1ccccc1/C=C/c1c[nH]c2ccc(Br)cc12.[I-]. The van der Waals surface area contributed by atoms with Crippen molar-refractivity contribution >= 4 is 39.0 Å². The standard InChI is InChI=1S/C16H13BrN2.HI/c1-19-9-3-2-4-14(19)7-5-12-11-18-16-8-6-13(17)10-15(12)16;/h2-11H,1H3;1H. The Bertz CT molecular complexity index is 762. The van der Waals surface area contributed by atoms with Crippen molar-refractivity contribution in [2.45, 2.75) is 0 Å². The molecule has 2 nitrogen and oxygen atoms in total. The lowest BCUT2D eigenvalue weighted by Crippen LogP contribution is -3.00. The van der Waals surface area contributed by atoms with E-state index >= 15 is 0 Å². The maximum Gasteiger partial charge on any atom is 0.204 e. The Morgan fingerprint density at radius 1 is 1.15 bits per heavy atom. The average molecular weight is 441 g/mol. The van der Waals surface area contributed by atoms with Gasteiger partial charge in [0.05, 0.1) is 0 Å². The van der Waals surface area contributed by atoms with Crippen LogP contribution in [-0.2, 0) is 7.05 Å². The molecule has 2 aromatic heterocycles. The molecule has 0 saturated heterocycles. The fourth-order valence-corrected chi connectivity index (χ4v) is 2.50. The third-order valence-corrected chi connectivity index (χ3v) is 3.70. The summed E-state index contributed by atoms with van der Waals surface area (Å²) in [6, 6.07) is 12.4. The van der Waals surface area contributed by atoms with E-state index in [1.54, 1.807) is 0 Å². The van der Waals surface area contributed by atoms with Crippen LogP contribution in [0.4, 0.5) is 0 Å². The van der Waals surface area contributed by atoms with Crippen LogP contribution in [0, 0.1) is 0 Å². The number of benzene rings is 1. The number of nitrogens with zero attached hydrogens (tertiary/aromatic N) is 1. The van der Waals surface area contributed by atoms with E-state index in [-0.39, 0.29) is 24.0 Å². The second kappa shape index (κ2) is 6.54. The monoisotopic (exact) mass is 440 g/mol. The lowest BCUT2D eigenvalue weighted by atomic mass is 10.1. The van der Waals surface area contributed by atoms with Crippen molar-refractivity contribution in [1.29, 1.82) is 0 Å². The topological polar surface area (TPSA) is 19.7 Å². The summed E-state index contributed by atoms with van der Waals surface area (Å²) in [4.78, 5) is 3.29. The van der Waals surface area contributed by atoms with Gasteiger partial charge >= 0.3 is 0 Å². The van der Waals surface area contributed by atoms with Gasteiger partial charge in [-0.05, 0) is 30.3 Å². The van der Waals surface area contributed by atoms with Crippen LogP contribution >= 0.6 is 15.9 Å². The number of aromatic amines is 1. The summed E-state index contributed by atoms with van der Waals surface area (Å²) in [6.45, 7) is 0. The molecule has 0 amide bonds. The second-order valence-electron chi connectivity index (χ2n) is 4.50. The van der Waals surface area contributed by atoms with Crippen LogP contribution in [0.3, 0.4) is 0 Å². The van der Waals surface area contributed by atoms with Crippen molar-refractivity contribution in [2.24, 2.45) is 7.05 Å². The summed E-state index contributed by atoms with van der Waals surface area (Å²) < 4.78 is 3.20. The Kier molecular flexibility index (Phi) is 4.99. The zero-order valence-electron chi connectivity index (χ0n) is 11.0. The van der Waals surface area contributed by atoms with Crippen molar-refractivity contribution < 1.29 is 28.5 Å². The molecule has 0 aliphatic carbocycles. The molecule has 0 saturated carbocycles. The number of hydrogen-bond donors (Lipinski definition) is 1. The Hall–Kier alpha value is -1.14. The molecule has 0 fully saturated rings. The predicted octanol–water partition coefficient (Wildman–Crippen LogP) is 0.929. The molecule has 0 aliphatic heterocycles. The molecule has 2 heterocycles. The van der Waals surface area contributed by atoms with Crippen LogP contribution in [0.5, 0.6) is 0 Å². The lowest BCUT2D eigenvalue weighted by molar-refractivity contribution is -0.673. The quantitative estimate of drug-likeness (QED) is 0.452. The summed E-state index contributed by atoms with van der Waals surface area (Å²) in [5.41, 5.74) is 3.52. The van der Waals surface area contributed by atoms with Gasteiger partial charge in [0.15, 0.2) is 6.20 Å². The molecule has 0 spiro atoms. The fraction of sp³-hybridized carbons (Fsp3) is 0.0625. The maximum atomic E-state index is 3.52. The van der Waals surface area contributed by atoms with E-state index < -0.39 is 0 Å². The zero-order chi connectivity index (χ0) is 13.2. The highest BCUT2D eigenvalue weighted by Gasteiger charge is 2.03. The molecule has 20 heavy (non-hydrogen) atoms. The number of H-pyrrole nitrogens is 1. The number of hydrogen-bond acceptors (Lipinski definition) is 0. The molecular weight excluding hydrogens is 427 g/mol. The van der Waals surface area contributed by atoms with Gasteiger partial charge in [0.25, 0.3) is 0 Å². The number of nitrogens with one attached hydrogen (secondary N) is 1. The van der Waals surface area contributed by atoms with E-state index in [1.165, 1.54) is 16.6 Å². The van der Waals surface area contributed by atoms with Crippen LogP contribution in [0.15, 0.2) is 53.3 Å². The van der Waals surface area contributed by atoms with Gasteiger partial charge in [-0.15, -0.1) is 0 Å². The minimum absolute atomic E-state index is 0. The van der Waals surface area contributed by atoms with Crippen molar-refractivity contribution in [3.63, 3.8) is 0 Å². The summed E-state index contributed by atoms with van der Waals surface area (Å²) in [5.74, 6) is 0. The zero-order valence-corrected chi connectivity index (χ0v) is 14.7. The third kappa shape index (κ3) is 3.12. The highest BCUT2D eigenvalue weighted by molar-refractivity contribution is 9.10. The highest BCUT2D eigenvalue weighted by Crippen LogP contribution is 2.23. The van der Waals surface area contributed by atoms with Gasteiger partial charge in [-0.3, -0.25) is 0 Å². The van der Waals surface area contributed by atoms with Gasteiger partial charge in [-0.25, -0.2) is 4.57 Å². The first-order valence-corrected chi connectivity index (χ1v) is 6.93. The predicted molar refractivity (Wildman–Crippen MR) is 82.5 cm³/mol.